The number of aromatic carboxylic acids is 1. The van der Waals surface area contributed by atoms with E-state index in [9.17, 15) is 15.0 Å². The van der Waals surface area contributed by atoms with E-state index in [4.69, 9.17) is 21.1 Å². The number of ether oxygens (including phenoxy) is 2. The van der Waals surface area contributed by atoms with E-state index in [1.807, 2.05) is 50.2 Å². The van der Waals surface area contributed by atoms with E-state index in [-0.39, 0.29) is 23.9 Å². The molecule has 188 valence electrons. The summed E-state index contributed by atoms with van der Waals surface area (Å²) in [6, 6.07) is 19.9. The minimum atomic E-state index is -1.01. The van der Waals surface area contributed by atoms with Crippen LogP contribution in [0.2, 0.25) is 5.02 Å². The number of halogens is 2. The molecule has 0 aliphatic rings. The summed E-state index contributed by atoms with van der Waals surface area (Å²) in [5.41, 5.74) is 2.72. The monoisotopic (exact) mass is 519 g/mol. The number of aliphatic hydroxyl groups is 1. The van der Waals surface area contributed by atoms with E-state index in [0.29, 0.717) is 37.1 Å². The van der Waals surface area contributed by atoms with Crippen molar-refractivity contribution in [2.75, 3.05) is 26.3 Å². The van der Waals surface area contributed by atoms with Crippen molar-refractivity contribution in [2.24, 2.45) is 5.92 Å². The lowest BCUT2D eigenvalue weighted by atomic mass is 10.0. The van der Waals surface area contributed by atoms with E-state index >= 15 is 0 Å². The first-order chi connectivity index (χ1) is 16.3. The molecule has 3 N–H and O–H groups in total. The first-order valence-corrected chi connectivity index (χ1v) is 11.6. The van der Waals surface area contributed by atoms with Crippen LogP contribution in [0, 0.1) is 5.92 Å². The molecule has 0 radical (unpaired) electrons. The Hall–Kier alpha value is -2.77. The van der Waals surface area contributed by atoms with Crippen molar-refractivity contribution in [2.45, 2.75) is 20.0 Å². The molecule has 0 saturated heterocycles. The molecule has 0 bridgehead atoms. The van der Waals surface area contributed by atoms with Gasteiger partial charge in [-0.2, -0.15) is 0 Å². The number of carboxylic acid groups (broad SMARTS) is 1. The normalized spacial score (nSPS) is 11.6. The maximum absolute atomic E-state index is 11.5. The minimum absolute atomic E-state index is 0. The first kappa shape index (κ1) is 28.5. The van der Waals surface area contributed by atoms with E-state index in [1.54, 1.807) is 30.3 Å². The Morgan fingerprint density at radius 3 is 2.37 bits per heavy atom. The van der Waals surface area contributed by atoms with Gasteiger partial charge in [0.2, 0.25) is 0 Å². The molecule has 8 heteroatoms. The van der Waals surface area contributed by atoms with Crippen molar-refractivity contribution in [3.63, 3.8) is 0 Å². The van der Waals surface area contributed by atoms with Crippen molar-refractivity contribution in [1.82, 2.24) is 5.32 Å². The second-order valence-electron chi connectivity index (χ2n) is 8.37. The summed E-state index contributed by atoms with van der Waals surface area (Å²) in [5.74, 6) is 0.364. The third kappa shape index (κ3) is 8.75. The van der Waals surface area contributed by atoms with Crippen molar-refractivity contribution >= 4 is 30.0 Å². The molecule has 0 fully saturated rings. The molecule has 0 saturated carbocycles. The van der Waals surface area contributed by atoms with Crippen molar-refractivity contribution in [1.29, 1.82) is 0 Å². The summed E-state index contributed by atoms with van der Waals surface area (Å²) in [6.45, 7) is 5.89. The van der Waals surface area contributed by atoms with Gasteiger partial charge >= 0.3 is 5.97 Å². The van der Waals surface area contributed by atoms with Crippen molar-refractivity contribution < 1.29 is 24.5 Å². The molecule has 0 aliphatic carbocycles. The number of carbonyl (C=O) groups is 1. The van der Waals surface area contributed by atoms with E-state index in [0.717, 1.165) is 22.4 Å². The molecule has 0 spiro atoms. The van der Waals surface area contributed by atoms with Crippen LogP contribution < -0.4 is 14.8 Å². The fourth-order valence-corrected chi connectivity index (χ4v) is 3.51. The average Bonchev–Trinajstić information content (AvgIpc) is 2.82. The predicted octanol–water partition coefficient (Wildman–Crippen LogP) is 5.86. The van der Waals surface area contributed by atoms with Crippen LogP contribution in [0.3, 0.4) is 0 Å². The highest BCUT2D eigenvalue weighted by atomic mass is 35.5. The Morgan fingerprint density at radius 1 is 1.00 bits per heavy atom. The standard InChI is InChI=1S/C27H30ClNO5.ClH/c1-18(2)17-34-26-15-20(8-11-24(26)27(31)32)19-6-9-23(10-7-19)33-13-12-29-16-25(30)21-4-3-5-22(28)14-21;/h3-11,14-15,18,25,29-30H,12-13,16-17H2,1-2H3,(H,31,32);1H/t25-;/m0./s1. The lowest BCUT2D eigenvalue weighted by Crippen LogP contribution is -2.26. The lowest BCUT2D eigenvalue weighted by Gasteiger charge is -2.14. The molecule has 6 nitrogen and oxygen atoms in total. The molecule has 0 unspecified atom stereocenters. The van der Waals surface area contributed by atoms with Gasteiger partial charge in [0.05, 0.1) is 12.7 Å². The molecule has 0 aromatic heterocycles. The number of carboxylic acids is 1. The molecule has 3 aromatic carbocycles. The summed E-state index contributed by atoms with van der Waals surface area (Å²) >= 11 is 5.96. The maximum Gasteiger partial charge on any atom is 0.339 e. The third-order valence-corrected chi connectivity index (χ3v) is 5.33. The van der Waals surface area contributed by atoms with Crippen molar-refractivity contribution in [3.05, 3.63) is 82.9 Å². The summed E-state index contributed by atoms with van der Waals surface area (Å²) in [4.78, 5) is 11.5. The zero-order valence-electron chi connectivity index (χ0n) is 19.7. The van der Waals surface area contributed by atoms with E-state index in [1.165, 1.54) is 0 Å². The summed E-state index contributed by atoms with van der Waals surface area (Å²) in [5, 5.41) is 23.4. The molecule has 3 aromatic rings. The number of nitrogens with one attached hydrogen (secondary N) is 1. The maximum atomic E-state index is 11.5. The van der Waals surface area contributed by atoms with Gasteiger partial charge in [0, 0.05) is 18.1 Å². The van der Waals surface area contributed by atoms with Crippen molar-refractivity contribution in [3.8, 4) is 22.6 Å². The first-order valence-electron chi connectivity index (χ1n) is 11.2. The van der Waals surface area contributed by atoms with Gasteiger partial charge in [-0.1, -0.05) is 55.8 Å². The third-order valence-electron chi connectivity index (χ3n) is 5.09. The SMILES string of the molecule is CC(C)COc1cc(-c2ccc(OCCNC[C@H](O)c3cccc(Cl)c3)cc2)ccc1C(=O)O.Cl. The highest BCUT2D eigenvalue weighted by molar-refractivity contribution is 6.30. The van der Waals surface area contributed by atoms with E-state index < -0.39 is 12.1 Å². The van der Waals surface area contributed by atoms with Crippen LogP contribution in [-0.4, -0.2) is 42.5 Å². The molecule has 1 atom stereocenters. The Balaban J connectivity index is 0.00000432. The van der Waals surface area contributed by atoms with Gasteiger partial charge in [-0.05, 0) is 59.0 Å². The van der Waals surface area contributed by atoms with Crippen LogP contribution in [0.1, 0.15) is 35.9 Å². The highest BCUT2D eigenvalue weighted by Crippen LogP contribution is 2.29. The smallest absolute Gasteiger partial charge is 0.339 e. The number of hydrogen-bond acceptors (Lipinski definition) is 5. The zero-order chi connectivity index (χ0) is 24.5. The second kappa shape index (κ2) is 14.0. The Bertz CT molecular complexity index is 1090. The van der Waals surface area contributed by atoms with Gasteiger partial charge in [0.25, 0.3) is 0 Å². The Morgan fingerprint density at radius 2 is 1.71 bits per heavy atom. The molecule has 0 aliphatic heterocycles. The fourth-order valence-electron chi connectivity index (χ4n) is 3.31. The number of rotatable bonds is 12. The topological polar surface area (TPSA) is 88.0 Å². The molecule has 3 rings (SSSR count). The molecular weight excluding hydrogens is 489 g/mol. The Labute approximate surface area is 217 Å². The van der Waals surface area contributed by atoms with Gasteiger partial charge < -0.3 is 25.0 Å². The second-order valence-corrected chi connectivity index (χ2v) is 8.81. The number of hydrogen-bond donors (Lipinski definition) is 3. The van der Waals surface area contributed by atoms with Gasteiger partial charge in [-0.25, -0.2) is 4.79 Å². The van der Waals surface area contributed by atoms with E-state index in [2.05, 4.69) is 5.32 Å². The molecule has 0 amide bonds. The van der Waals surface area contributed by atoms with Crippen LogP contribution in [0.4, 0.5) is 0 Å². The van der Waals surface area contributed by atoms with Crippen LogP contribution >= 0.6 is 24.0 Å². The largest absolute Gasteiger partial charge is 0.492 e. The molecule has 0 heterocycles. The molecular formula is C27H31Cl2NO5. The minimum Gasteiger partial charge on any atom is -0.492 e. The average molecular weight is 520 g/mol. The van der Waals surface area contributed by atoms with Gasteiger partial charge in [0.1, 0.15) is 23.7 Å². The van der Waals surface area contributed by atoms with Crippen LogP contribution in [0.5, 0.6) is 11.5 Å². The summed E-state index contributed by atoms with van der Waals surface area (Å²) in [6.07, 6.45) is -0.639. The number of benzene rings is 3. The quantitative estimate of drug-likeness (QED) is 0.259. The van der Waals surface area contributed by atoms with Gasteiger partial charge in [-0.15, -0.1) is 12.4 Å². The predicted molar refractivity (Wildman–Crippen MR) is 141 cm³/mol. The number of aliphatic hydroxyl groups excluding tert-OH is 1. The fraction of sp³-hybridized carbons (Fsp3) is 0.296. The summed E-state index contributed by atoms with van der Waals surface area (Å²) < 4.78 is 11.5. The zero-order valence-corrected chi connectivity index (χ0v) is 21.3. The van der Waals surface area contributed by atoms with Crippen LogP contribution in [0.15, 0.2) is 66.7 Å². The highest BCUT2D eigenvalue weighted by Gasteiger charge is 2.14. The lowest BCUT2D eigenvalue weighted by molar-refractivity contribution is 0.0691. The van der Waals surface area contributed by atoms with Gasteiger partial charge in [-0.3, -0.25) is 0 Å². The molecule has 35 heavy (non-hydrogen) atoms. The van der Waals surface area contributed by atoms with Crippen LogP contribution in [0.25, 0.3) is 11.1 Å². The van der Waals surface area contributed by atoms with Gasteiger partial charge in [0.15, 0.2) is 0 Å². The summed E-state index contributed by atoms with van der Waals surface area (Å²) in [7, 11) is 0. The Kier molecular flexibility index (Phi) is 11.3. The van der Waals surface area contributed by atoms with Crippen LogP contribution in [-0.2, 0) is 0 Å².